The maximum Gasteiger partial charge on any atom is 0.300 e. The zero-order valence-corrected chi connectivity index (χ0v) is 20.9. The first-order chi connectivity index (χ1) is 17.7. The number of carbonyl (C=O) groups is 2. The van der Waals surface area contributed by atoms with Crippen LogP contribution in [0.5, 0.6) is 23.0 Å². The van der Waals surface area contributed by atoms with E-state index in [0.717, 1.165) is 11.0 Å². The van der Waals surface area contributed by atoms with Gasteiger partial charge in [0, 0.05) is 5.69 Å². The van der Waals surface area contributed by atoms with Gasteiger partial charge in [0.25, 0.3) is 11.7 Å². The van der Waals surface area contributed by atoms with Gasteiger partial charge < -0.3 is 24.4 Å². The number of halogens is 2. The molecule has 4 rings (SSSR count). The third-order valence-electron chi connectivity index (χ3n) is 5.89. The molecule has 3 aromatic rings. The summed E-state index contributed by atoms with van der Waals surface area (Å²) in [6.45, 7) is 1.97. The number of hydrogen-bond acceptors (Lipinski definition) is 7. The molecule has 1 fully saturated rings. The first-order valence-corrected chi connectivity index (χ1v) is 11.5. The van der Waals surface area contributed by atoms with Crippen molar-refractivity contribution in [3.05, 3.63) is 82.1 Å². The second kappa shape index (κ2) is 10.4. The number of nitrogens with zero attached hydrogens (tertiary/aromatic N) is 1. The Kier molecular flexibility index (Phi) is 7.26. The van der Waals surface area contributed by atoms with Crippen molar-refractivity contribution in [3.63, 3.8) is 0 Å². The molecular formula is C27H23ClFNO7. The van der Waals surface area contributed by atoms with Crippen LogP contribution in [0.25, 0.3) is 5.76 Å². The van der Waals surface area contributed by atoms with Crippen molar-refractivity contribution in [2.45, 2.75) is 13.0 Å². The van der Waals surface area contributed by atoms with E-state index in [0.29, 0.717) is 11.3 Å². The second-order valence-electron chi connectivity index (χ2n) is 7.99. The highest BCUT2D eigenvalue weighted by Gasteiger charge is 2.47. The molecule has 0 saturated carbocycles. The Balaban J connectivity index is 2.01. The number of ketones is 1. The van der Waals surface area contributed by atoms with Crippen LogP contribution in [-0.4, -0.2) is 42.7 Å². The van der Waals surface area contributed by atoms with Crippen LogP contribution in [0.1, 0.15) is 24.1 Å². The standard InChI is InChI=1S/C27H23ClFNO7/c1-4-37-22-11-14(5-9-20(22)31)24-23(25(32)17-13-16(35-2)7-10-21(17)36-3)26(33)27(34)30(24)15-6-8-19(29)18(28)12-15/h5-13,24,31-32H,4H2,1-3H3/b25-23+. The molecule has 1 aliphatic heterocycles. The minimum absolute atomic E-state index is 0.113. The van der Waals surface area contributed by atoms with Gasteiger partial charge in [-0.15, -0.1) is 0 Å². The normalized spacial score (nSPS) is 16.7. The fourth-order valence-electron chi connectivity index (χ4n) is 4.17. The summed E-state index contributed by atoms with van der Waals surface area (Å²) in [7, 11) is 2.83. The first kappa shape index (κ1) is 25.8. The van der Waals surface area contributed by atoms with Gasteiger partial charge >= 0.3 is 0 Å². The van der Waals surface area contributed by atoms with Gasteiger partial charge in [-0.3, -0.25) is 14.5 Å². The van der Waals surface area contributed by atoms with E-state index in [2.05, 4.69) is 0 Å². The molecule has 10 heteroatoms. The highest BCUT2D eigenvalue weighted by molar-refractivity contribution is 6.52. The molecule has 1 aliphatic rings. The molecule has 0 bridgehead atoms. The highest BCUT2D eigenvalue weighted by Crippen LogP contribution is 2.45. The van der Waals surface area contributed by atoms with Crippen LogP contribution in [0, 0.1) is 5.82 Å². The number of aromatic hydroxyl groups is 1. The summed E-state index contributed by atoms with van der Waals surface area (Å²) in [5.74, 6) is -2.61. The van der Waals surface area contributed by atoms with Crippen LogP contribution >= 0.6 is 11.6 Å². The predicted octanol–water partition coefficient (Wildman–Crippen LogP) is 5.23. The van der Waals surface area contributed by atoms with E-state index >= 15 is 0 Å². The van der Waals surface area contributed by atoms with Crippen LogP contribution in [0.15, 0.2) is 60.2 Å². The van der Waals surface area contributed by atoms with Crippen molar-refractivity contribution >= 4 is 34.7 Å². The van der Waals surface area contributed by atoms with Crippen molar-refractivity contribution in [1.29, 1.82) is 0 Å². The zero-order valence-electron chi connectivity index (χ0n) is 20.1. The quantitative estimate of drug-likeness (QED) is 0.246. The van der Waals surface area contributed by atoms with E-state index < -0.39 is 29.3 Å². The lowest BCUT2D eigenvalue weighted by atomic mass is 9.94. The zero-order chi connectivity index (χ0) is 26.9. The van der Waals surface area contributed by atoms with E-state index in [-0.39, 0.29) is 45.7 Å². The van der Waals surface area contributed by atoms with Gasteiger partial charge in [0.2, 0.25) is 0 Å². The third kappa shape index (κ3) is 4.65. The number of ether oxygens (including phenoxy) is 3. The van der Waals surface area contributed by atoms with Crippen LogP contribution in [0.2, 0.25) is 5.02 Å². The molecule has 37 heavy (non-hydrogen) atoms. The summed E-state index contributed by atoms with van der Waals surface area (Å²) < 4.78 is 30.0. The van der Waals surface area contributed by atoms with Gasteiger partial charge in [-0.25, -0.2) is 4.39 Å². The Labute approximate surface area is 217 Å². The van der Waals surface area contributed by atoms with Crippen molar-refractivity contribution in [2.24, 2.45) is 0 Å². The number of aliphatic hydroxyl groups is 1. The summed E-state index contributed by atoms with van der Waals surface area (Å²) in [6, 6.07) is 11.3. The minimum Gasteiger partial charge on any atom is -0.507 e. The number of aliphatic hydroxyl groups excluding tert-OH is 1. The molecule has 0 aliphatic carbocycles. The molecule has 1 unspecified atom stereocenters. The Hall–Kier alpha value is -4.24. The highest BCUT2D eigenvalue weighted by atomic mass is 35.5. The monoisotopic (exact) mass is 527 g/mol. The van der Waals surface area contributed by atoms with Gasteiger partial charge in [-0.05, 0) is 61.0 Å². The summed E-state index contributed by atoms with van der Waals surface area (Å²) in [5.41, 5.74) is 0.321. The largest absolute Gasteiger partial charge is 0.507 e. The number of phenolic OH excluding ortho intramolecular Hbond substituents is 1. The molecule has 2 N–H and O–H groups in total. The van der Waals surface area contributed by atoms with Crippen molar-refractivity contribution in [1.82, 2.24) is 0 Å². The first-order valence-electron chi connectivity index (χ1n) is 11.2. The molecule has 0 radical (unpaired) electrons. The summed E-state index contributed by atoms with van der Waals surface area (Å²) in [6.07, 6.45) is 0. The fraction of sp³-hybridized carbons (Fsp3) is 0.185. The number of hydrogen-bond donors (Lipinski definition) is 2. The number of anilines is 1. The molecule has 3 aromatic carbocycles. The van der Waals surface area contributed by atoms with Gasteiger partial charge in [-0.2, -0.15) is 0 Å². The van der Waals surface area contributed by atoms with Gasteiger partial charge in [0.1, 0.15) is 23.1 Å². The molecule has 1 atom stereocenters. The second-order valence-corrected chi connectivity index (χ2v) is 8.40. The Morgan fingerprint density at radius 3 is 2.43 bits per heavy atom. The number of carbonyl (C=O) groups excluding carboxylic acids is 2. The smallest absolute Gasteiger partial charge is 0.300 e. The molecule has 192 valence electrons. The molecule has 1 heterocycles. The predicted molar refractivity (Wildman–Crippen MR) is 135 cm³/mol. The Morgan fingerprint density at radius 1 is 1.03 bits per heavy atom. The summed E-state index contributed by atoms with van der Waals surface area (Å²) in [4.78, 5) is 27.9. The molecule has 0 aromatic heterocycles. The fourth-order valence-corrected chi connectivity index (χ4v) is 4.34. The number of phenols is 1. The number of Topliss-reactive ketones (excluding diaryl/α,β-unsaturated/α-hetero) is 1. The van der Waals surface area contributed by atoms with Crippen LogP contribution in [-0.2, 0) is 9.59 Å². The van der Waals surface area contributed by atoms with Crippen molar-refractivity contribution < 1.29 is 38.4 Å². The Bertz CT molecular complexity index is 1420. The number of rotatable bonds is 7. The maximum absolute atomic E-state index is 13.9. The van der Waals surface area contributed by atoms with Crippen LogP contribution in [0.3, 0.4) is 0 Å². The van der Waals surface area contributed by atoms with E-state index in [1.54, 1.807) is 19.1 Å². The Morgan fingerprint density at radius 2 is 1.78 bits per heavy atom. The van der Waals surface area contributed by atoms with E-state index in [9.17, 15) is 24.2 Å². The maximum atomic E-state index is 13.9. The van der Waals surface area contributed by atoms with E-state index in [4.69, 9.17) is 25.8 Å². The van der Waals surface area contributed by atoms with Crippen LogP contribution < -0.4 is 19.1 Å². The average Bonchev–Trinajstić information content (AvgIpc) is 3.16. The van der Waals surface area contributed by atoms with Crippen molar-refractivity contribution in [2.75, 3.05) is 25.7 Å². The van der Waals surface area contributed by atoms with Gasteiger partial charge in [0.05, 0.1) is 43.0 Å². The lowest BCUT2D eigenvalue weighted by Crippen LogP contribution is -2.29. The van der Waals surface area contributed by atoms with E-state index in [1.807, 2.05) is 0 Å². The van der Waals surface area contributed by atoms with Crippen molar-refractivity contribution in [3.8, 4) is 23.0 Å². The SMILES string of the molecule is CCOc1cc(C2/C(=C(\O)c3cc(OC)ccc3OC)C(=O)C(=O)N2c2ccc(F)c(Cl)c2)ccc1O. The lowest BCUT2D eigenvalue weighted by molar-refractivity contribution is -0.132. The molecule has 0 spiro atoms. The van der Waals surface area contributed by atoms with Gasteiger partial charge in [0.15, 0.2) is 11.5 Å². The summed E-state index contributed by atoms with van der Waals surface area (Å²) in [5, 5.41) is 21.4. The molecule has 1 saturated heterocycles. The van der Waals surface area contributed by atoms with Crippen LogP contribution in [0.4, 0.5) is 10.1 Å². The number of methoxy groups -OCH3 is 2. The third-order valence-corrected chi connectivity index (χ3v) is 6.18. The van der Waals surface area contributed by atoms with E-state index in [1.165, 1.54) is 50.6 Å². The topological polar surface area (TPSA) is 106 Å². The number of benzene rings is 3. The molecular weight excluding hydrogens is 505 g/mol. The molecule has 1 amide bonds. The molecule has 8 nitrogen and oxygen atoms in total. The average molecular weight is 528 g/mol. The summed E-state index contributed by atoms with van der Waals surface area (Å²) >= 11 is 5.98. The number of amides is 1. The minimum atomic E-state index is -1.18. The van der Waals surface area contributed by atoms with Gasteiger partial charge in [-0.1, -0.05) is 17.7 Å². The lowest BCUT2D eigenvalue weighted by Gasteiger charge is -2.26.